The molecule has 1 aliphatic heterocycles. The van der Waals surface area contributed by atoms with Crippen LogP contribution in [0.15, 0.2) is 18.3 Å². The van der Waals surface area contributed by atoms with E-state index >= 15 is 0 Å². The Hall–Kier alpha value is -1.33. The van der Waals surface area contributed by atoms with Crippen LogP contribution in [0.2, 0.25) is 5.02 Å². The van der Waals surface area contributed by atoms with Crippen molar-refractivity contribution < 1.29 is 9.53 Å². The zero-order valence-corrected chi connectivity index (χ0v) is 13.7. The lowest BCUT2D eigenvalue weighted by Gasteiger charge is -2.45. The van der Waals surface area contributed by atoms with Crippen molar-refractivity contribution in [3.63, 3.8) is 0 Å². The van der Waals surface area contributed by atoms with Crippen LogP contribution in [0, 0.1) is 5.41 Å². The second-order valence-corrected chi connectivity index (χ2v) is 6.56. The Morgan fingerprint density at radius 3 is 2.64 bits per heavy atom. The normalized spacial score (nSPS) is 20.6. The van der Waals surface area contributed by atoms with Gasteiger partial charge in [-0.2, -0.15) is 0 Å². The van der Waals surface area contributed by atoms with Crippen molar-refractivity contribution in [2.45, 2.75) is 19.3 Å². The van der Waals surface area contributed by atoms with Gasteiger partial charge in [0, 0.05) is 39.5 Å². The standard InChI is InChI=1S/C16H22ClN3O2/c1-22-12-16(5-3-6-16)15(21)20-10-8-19(9-11-20)14-13(17)4-2-7-18-14/h2,4,7H,3,5-6,8-12H2,1H3. The van der Waals surface area contributed by atoms with Gasteiger partial charge in [0.2, 0.25) is 5.91 Å². The molecule has 120 valence electrons. The number of nitrogens with zero attached hydrogens (tertiary/aromatic N) is 3. The summed E-state index contributed by atoms with van der Waals surface area (Å²) in [5.74, 6) is 1.07. The summed E-state index contributed by atoms with van der Waals surface area (Å²) >= 11 is 6.20. The summed E-state index contributed by atoms with van der Waals surface area (Å²) in [6.45, 7) is 3.52. The van der Waals surface area contributed by atoms with Gasteiger partial charge < -0.3 is 14.5 Å². The minimum atomic E-state index is -0.264. The molecule has 2 fully saturated rings. The third kappa shape index (κ3) is 2.79. The van der Waals surface area contributed by atoms with E-state index in [-0.39, 0.29) is 11.3 Å². The summed E-state index contributed by atoms with van der Waals surface area (Å²) in [6.07, 6.45) is 4.78. The Morgan fingerprint density at radius 1 is 1.36 bits per heavy atom. The molecule has 1 saturated heterocycles. The maximum atomic E-state index is 12.8. The molecule has 0 aromatic carbocycles. The van der Waals surface area contributed by atoms with Crippen molar-refractivity contribution in [3.05, 3.63) is 23.4 Å². The zero-order chi connectivity index (χ0) is 15.6. The quantitative estimate of drug-likeness (QED) is 0.852. The van der Waals surface area contributed by atoms with Crippen molar-refractivity contribution in [2.24, 2.45) is 5.41 Å². The highest BCUT2D eigenvalue weighted by Gasteiger charge is 2.46. The molecule has 0 unspecified atom stereocenters. The molecule has 0 bridgehead atoms. The fraction of sp³-hybridized carbons (Fsp3) is 0.625. The van der Waals surface area contributed by atoms with E-state index in [0.29, 0.717) is 11.6 Å². The predicted molar refractivity (Wildman–Crippen MR) is 86.2 cm³/mol. The Morgan fingerprint density at radius 2 is 2.09 bits per heavy atom. The molecule has 0 radical (unpaired) electrons. The number of aromatic nitrogens is 1. The van der Waals surface area contributed by atoms with Crippen LogP contribution < -0.4 is 4.90 Å². The van der Waals surface area contributed by atoms with E-state index in [1.54, 1.807) is 13.3 Å². The molecule has 2 aliphatic rings. The van der Waals surface area contributed by atoms with Gasteiger partial charge >= 0.3 is 0 Å². The molecule has 1 aromatic heterocycles. The Bertz CT molecular complexity index is 540. The number of piperazine rings is 1. The van der Waals surface area contributed by atoms with Crippen LogP contribution in [0.1, 0.15) is 19.3 Å². The van der Waals surface area contributed by atoms with Gasteiger partial charge in [-0.1, -0.05) is 18.0 Å². The lowest BCUT2D eigenvalue weighted by molar-refractivity contribution is -0.152. The average Bonchev–Trinajstić information content (AvgIpc) is 2.51. The second kappa shape index (κ2) is 6.42. The van der Waals surface area contributed by atoms with E-state index in [9.17, 15) is 4.79 Å². The van der Waals surface area contributed by atoms with Crippen molar-refractivity contribution in [1.82, 2.24) is 9.88 Å². The Kier molecular flexibility index (Phi) is 4.54. The van der Waals surface area contributed by atoms with E-state index in [1.807, 2.05) is 17.0 Å². The van der Waals surface area contributed by atoms with Gasteiger partial charge in [0.25, 0.3) is 0 Å². The number of methoxy groups -OCH3 is 1. The fourth-order valence-electron chi connectivity index (χ4n) is 3.37. The summed E-state index contributed by atoms with van der Waals surface area (Å²) in [4.78, 5) is 21.3. The third-order valence-corrected chi connectivity index (χ3v) is 5.09. The summed E-state index contributed by atoms with van der Waals surface area (Å²) in [5.41, 5.74) is -0.264. The molecule has 1 saturated carbocycles. The van der Waals surface area contributed by atoms with E-state index < -0.39 is 0 Å². The summed E-state index contributed by atoms with van der Waals surface area (Å²) in [6, 6.07) is 3.68. The van der Waals surface area contributed by atoms with E-state index in [2.05, 4.69) is 9.88 Å². The molecule has 5 nitrogen and oxygen atoms in total. The van der Waals surface area contributed by atoms with E-state index in [0.717, 1.165) is 51.3 Å². The molecule has 0 N–H and O–H groups in total. The van der Waals surface area contributed by atoms with Crippen LogP contribution in [-0.2, 0) is 9.53 Å². The largest absolute Gasteiger partial charge is 0.384 e. The maximum Gasteiger partial charge on any atom is 0.231 e. The van der Waals surface area contributed by atoms with Crippen LogP contribution in [0.3, 0.4) is 0 Å². The van der Waals surface area contributed by atoms with Crippen LogP contribution in [-0.4, -0.2) is 55.7 Å². The third-order valence-electron chi connectivity index (χ3n) is 4.79. The average molecular weight is 324 g/mol. The van der Waals surface area contributed by atoms with Crippen LogP contribution in [0.4, 0.5) is 5.82 Å². The first-order valence-corrected chi connectivity index (χ1v) is 8.18. The van der Waals surface area contributed by atoms with Crippen molar-refractivity contribution >= 4 is 23.3 Å². The van der Waals surface area contributed by atoms with Crippen LogP contribution in [0.25, 0.3) is 0 Å². The van der Waals surface area contributed by atoms with Crippen LogP contribution >= 0.6 is 11.6 Å². The minimum Gasteiger partial charge on any atom is -0.384 e. The summed E-state index contributed by atoms with van der Waals surface area (Å²) in [7, 11) is 1.67. The van der Waals surface area contributed by atoms with E-state index in [1.165, 1.54) is 0 Å². The topological polar surface area (TPSA) is 45.7 Å². The predicted octanol–water partition coefficient (Wildman–Crippen LogP) is 2.20. The van der Waals surface area contributed by atoms with Gasteiger partial charge in [0.15, 0.2) is 0 Å². The molecule has 1 aliphatic carbocycles. The second-order valence-electron chi connectivity index (χ2n) is 6.15. The zero-order valence-electron chi connectivity index (χ0n) is 12.9. The monoisotopic (exact) mass is 323 g/mol. The smallest absolute Gasteiger partial charge is 0.231 e. The maximum absolute atomic E-state index is 12.8. The lowest BCUT2D eigenvalue weighted by Crippen LogP contribution is -2.56. The molecule has 0 atom stereocenters. The molecular weight excluding hydrogens is 302 g/mol. The highest BCUT2D eigenvalue weighted by Crippen LogP contribution is 2.43. The first-order valence-electron chi connectivity index (χ1n) is 7.80. The molecule has 6 heteroatoms. The van der Waals surface area contributed by atoms with Gasteiger partial charge in [0.05, 0.1) is 17.0 Å². The Labute approximate surface area is 136 Å². The summed E-state index contributed by atoms with van der Waals surface area (Å²) < 4.78 is 5.28. The lowest BCUT2D eigenvalue weighted by atomic mass is 9.68. The molecule has 22 heavy (non-hydrogen) atoms. The van der Waals surface area contributed by atoms with Gasteiger partial charge in [-0.05, 0) is 25.0 Å². The number of ether oxygens (including phenoxy) is 1. The Balaban J connectivity index is 1.62. The number of anilines is 1. The van der Waals surface area contributed by atoms with Crippen LogP contribution in [0.5, 0.6) is 0 Å². The molecule has 1 amide bonds. The fourth-order valence-corrected chi connectivity index (χ4v) is 3.61. The number of hydrogen-bond acceptors (Lipinski definition) is 4. The van der Waals surface area contributed by atoms with Crippen molar-refractivity contribution in [1.29, 1.82) is 0 Å². The highest BCUT2D eigenvalue weighted by atomic mass is 35.5. The molecule has 2 heterocycles. The number of rotatable bonds is 4. The number of carbonyl (C=O) groups excluding carboxylic acids is 1. The van der Waals surface area contributed by atoms with Gasteiger partial charge in [-0.3, -0.25) is 4.79 Å². The molecular formula is C16H22ClN3O2. The molecule has 0 spiro atoms. The number of hydrogen-bond donors (Lipinski definition) is 0. The number of amides is 1. The number of pyridine rings is 1. The van der Waals surface area contributed by atoms with Gasteiger partial charge in [-0.15, -0.1) is 0 Å². The van der Waals surface area contributed by atoms with Gasteiger partial charge in [0.1, 0.15) is 5.82 Å². The van der Waals surface area contributed by atoms with Crippen molar-refractivity contribution in [3.8, 4) is 0 Å². The SMILES string of the molecule is COCC1(C(=O)N2CCN(c3ncccc3Cl)CC2)CCC1. The van der Waals surface area contributed by atoms with Gasteiger partial charge in [-0.25, -0.2) is 4.98 Å². The number of carbonyl (C=O) groups is 1. The highest BCUT2D eigenvalue weighted by molar-refractivity contribution is 6.32. The minimum absolute atomic E-state index is 0.257. The summed E-state index contributed by atoms with van der Waals surface area (Å²) in [5, 5.41) is 0.664. The first-order chi connectivity index (χ1) is 10.7. The molecule has 3 rings (SSSR count). The van der Waals surface area contributed by atoms with E-state index in [4.69, 9.17) is 16.3 Å². The first kappa shape index (κ1) is 15.6. The molecule has 1 aromatic rings. The number of halogens is 1. The van der Waals surface area contributed by atoms with Crippen molar-refractivity contribution in [2.75, 3.05) is 44.8 Å².